The molecular weight excluding hydrogens is 426 g/mol. The van der Waals surface area contributed by atoms with E-state index in [0.717, 1.165) is 5.56 Å². The van der Waals surface area contributed by atoms with Crippen LogP contribution in [0.15, 0.2) is 47.0 Å². The number of hydrogen-bond donors (Lipinski definition) is 2. The van der Waals surface area contributed by atoms with Crippen LogP contribution in [-0.4, -0.2) is 36.8 Å². The molecule has 1 heterocycles. The number of nitrogens with zero attached hydrogens (tertiary/aromatic N) is 1. The molecule has 0 unspecified atom stereocenters. The molecule has 0 spiro atoms. The van der Waals surface area contributed by atoms with Gasteiger partial charge in [-0.25, -0.2) is 0 Å². The maximum absolute atomic E-state index is 12.8. The highest BCUT2D eigenvalue weighted by Gasteiger charge is 2.23. The van der Waals surface area contributed by atoms with Crippen LogP contribution in [0.2, 0.25) is 0 Å². The first-order valence-corrected chi connectivity index (χ1v) is 10.7. The van der Waals surface area contributed by atoms with Crippen LogP contribution < -0.4 is 25.1 Å². The monoisotopic (exact) mass is 453 g/mol. The van der Waals surface area contributed by atoms with E-state index in [9.17, 15) is 9.59 Å². The lowest BCUT2D eigenvalue weighted by atomic mass is 10.1. The zero-order chi connectivity index (χ0) is 23.8. The number of aryl methyl sites for hydroxylation is 1. The number of hydrogen-bond acceptors (Lipinski definition) is 7. The van der Waals surface area contributed by atoms with Gasteiger partial charge in [0.1, 0.15) is 17.0 Å². The topological polar surface area (TPSA) is 112 Å². The lowest BCUT2D eigenvalue weighted by Gasteiger charge is -2.17. The zero-order valence-electron chi connectivity index (χ0n) is 19.1. The molecule has 0 atom stereocenters. The zero-order valence-corrected chi connectivity index (χ0v) is 19.1. The van der Waals surface area contributed by atoms with Crippen molar-refractivity contribution in [2.24, 2.45) is 0 Å². The normalized spacial score (nSPS) is 10.4. The standard InChI is InChI=1S/C24H27N3O6/c1-5-30-18-13-17(14-19(31-6-2)22(18)32-7-3)23(28)25-26-24(29)20-15(4)33-27-21(20)16-11-9-8-10-12-16/h8-14H,5-7H2,1-4H3,(H,25,28)(H,26,29). The molecule has 0 fully saturated rings. The van der Waals surface area contributed by atoms with Gasteiger partial charge in [-0.1, -0.05) is 35.5 Å². The van der Waals surface area contributed by atoms with Gasteiger partial charge in [0.25, 0.3) is 11.8 Å². The summed E-state index contributed by atoms with van der Waals surface area (Å²) in [6.07, 6.45) is 0. The highest BCUT2D eigenvalue weighted by Crippen LogP contribution is 2.39. The van der Waals surface area contributed by atoms with Crippen LogP contribution in [0.4, 0.5) is 0 Å². The number of benzene rings is 2. The van der Waals surface area contributed by atoms with Gasteiger partial charge in [0.05, 0.1) is 19.8 Å². The highest BCUT2D eigenvalue weighted by molar-refractivity contribution is 6.03. The quantitative estimate of drug-likeness (QED) is 0.472. The van der Waals surface area contributed by atoms with Crippen molar-refractivity contribution in [3.8, 4) is 28.5 Å². The first-order chi connectivity index (χ1) is 16.0. The Bertz CT molecular complexity index is 1080. The minimum atomic E-state index is -0.554. The fourth-order valence-electron chi connectivity index (χ4n) is 3.20. The fraction of sp³-hybridized carbons (Fsp3) is 0.292. The van der Waals surface area contributed by atoms with Gasteiger partial charge in [0.15, 0.2) is 11.5 Å². The number of amides is 2. The molecule has 9 heteroatoms. The SMILES string of the molecule is CCOc1cc(C(=O)NNC(=O)c2c(-c3ccccc3)noc2C)cc(OCC)c1OCC. The van der Waals surface area contributed by atoms with Crippen molar-refractivity contribution in [3.63, 3.8) is 0 Å². The van der Waals surface area contributed by atoms with E-state index >= 15 is 0 Å². The van der Waals surface area contributed by atoms with Crippen LogP contribution in [0.3, 0.4) is 0 Å². The van der Waals surface area contributed by atoms with Gasteiger partial charge >= 0.3 is 0 Å². The predicted molar refractivity (Wildman–Crippen MR) is 122 cm³/mol. The van der Waals surface area contributed by atoms with Gasteiger partial charge in [0, 0.05) is 11.1 Å². The summed E-state index contributed by atoms with van der Waals surface area (Å²) in [5.41, 5.74) is 6.43. The summed E-state index contributed by atoms with van der Waals surface area (Å²) in [4.78, 5) is 25.7. The molecule has 2 amide bonds. The number of nitrogens with one attached hydrogen (secondary N) is 2. The smallest absolute Gasteiger partial charge is 0.275 e. The van der Waals surface area contributed by atoms with E-state index in [-0.39, 0.29) is 11.1 Å². The van der Waals surface area contributed by atoms with Crippen molar-refractivity contribution in [1.29, 1.82) is 0 Å². The van der Waals surface area contributed by atoms with Crippen molar-refractivity contribution < 1.29 is 28.3 Å². The molecule has 0 aliphatic rings. The molecule has 0 saturated carbocycles. The van der Waals surface area contributed by atoms with Crippen LogP contribution in [0.25, 0.3) is 11.3 Å². The fourth-order valence-corrected chi connectivity index (χ4v) is 3.20. The average Bonchev–Trinajstić information content (AvgIpc) is 3.21. The Morgan fingerprint density at radius 3 is 2.03 bits per heavy atom. The van der Waals surface area contributed by atoms with E-state index in [1.165, 1.54) is 0 Å². The molecule has 174 valence electrons. The third-order valence-electron chi connectivity index (χ3n) is 4.60. The summed E-state index contributed by atoms with van der Waals surface area (Å²) in [5, 5.41) is 3.99. The average molecular weight is 453 g/mol. The minimum Gasteiger partial charge on any atom is -0.490 e. The molecule has 9 nitrogen and oxygen atoms in total. The van der Waals surface area contributed by atoms with E-state index in [2.05, 4.69) is 16.0 Å². The molecule has 33 heavy (non-hydrogen) atoms. The minimum absolute atomic E-state index is 0.232. The van der Waals surface area contributed by atoms with E-state index in [1.807, 2.05) is 51.1 Å². The molecule has 0 saturated heterocycles. The molecule has 3 rings (SSSR count). The molecule has 0 aliphatic heterocycles. The molecule has 2 N–H and O–H groups in total. The van der Waals surface area contributed by atoms with Crippen molar-refractivity contribution in [2.75, 3.05) is 19.8 Å². The van der Waals surface area contributed by atoms with Crippen LogP contribution in [0, 0.1) is 6.92 Å². The molecule has 2 aromatic carbocycles. The summed E-state index contributed by atoms with van der Waals surface area (Å²) in [6.45, 7) is 8.29. The third kappa shape index (κ3) is 5.43. The molecule has 3 aromatic rings. The Kier molecular flexibility index (Phi) is 7.91. The number of carbonyl (C=O) groups is 2. The van der Waals surface area contributed by atoms with Crippen molar-refractivity contribution in [1.82, 2.24) is 16.0 Å². The Hall–Kier alpha value is -4.01. The molecular formula is C24H27N3O6. The van der Waals surface area contributed by atoms with Gasteiger partial charge in [-0.3, -0.25) is 20.4 Å². The summed E-state index contributed by atoms with van der Waals surface area (Å²) in [7, 11) is 0. The molecule has 0 bridgehead atoms. The van der Waals surface area contributed by atoms with E-state index in [1.54, 1.807) is 19.1 Å². The first-order valence-electron chi connectivity index (χ1n) is 10.7. The summed E-state index contributed by atoms with van der Waals surface area (Å²) < 4.78 is 22.1. The second kappa shape index (κ2) is 11.0. The van der Waals surface area contributed by atoms with Gasteiger partial charge in [-0.05, 0) is 39.8 Å². The molecule has 1 aromatic heterocycles. The predicted octanol–water partition coefficient (Wildman–Crippen LogP) is 3.92. The summed E-state index contributed by atoms with van der Waals surface area (Å²) in [5.74, 6) is 0.407. The van der Waals surface area contributed by atoms with Crippen LogP contribution in [-0.2, 0) is 0 Å². The van der Waals surface area contributed by atoms with Crippen molar-refractivity contribution >= 4 is 11.8 Å². The maximum Gasteiger partial charge on any atom is 0.275 e. The lowest BCUT2D eigenvalue weighted by molar-refractivity contribution is 0.0845. The van der Waals surface area contributed by atoms with Gasteiger partial charge in [-0.15, -0.1) is 0 Å². The first kappa shape index (κ1) is 23.6. The number of aromatic nitrogens is 1. The Morgan fingerprint density at radius 2 is 1.45 bits per heavy atom. The summed E-state index contributed by atoms with van der Waals surface area (Å²) >= 11 is 0. The second-order valence-corrected chi connectivity index (χ2v) is 6.84. The Labute approximate surface area is 192 Å². The van der Waals surface area contributed by atoms with E-state index in [4.69, 9.17) is 18.7 Å². The van der Waals surface area contributed by atoms with E-state index in [0.29, 0.717) is 48.5 Å². The molecule has 0 aliphatic carbocycles. The van der Waals surface area contributed by atoms with Crippen LogP contribution >= 0.6 is 0 Å². The van der Waals surface area contributed by atoms with Gasteiger partial charge in [-0.2, -0.15) is 0 Å². The van der Waals surface area contributed by atoms with Crippen LogP contribution in [0.1, 0.15) is 47.2 Å². The number of ether oxygens (including phenoxy) is 3. The number of hydrazine groups is 1. The number of carbonyl (C=O) groups excluding carboxylic acids is 2. The lowest BCUT2D eigenvalue weighted by Crippen LogP contribution is -2.42. The Morgan fingerprint density at radius 1 is 0.879 bits per heavy atom. The second-order valence-electron chi connectivity index (χ2n) is 6.84. The van der Waals surface area contributed by atoms with Gasteiger partial charge < -0.3 is 18.7 Å². The highest BCUT2D eigenvalue weighted by atomic mass is 16.5. The van der Waals surface area contributed by atoms with Gasteiger partial charge in [0.2, 0.25) is 5.75 Å². The largest absolute Gasteiger partial charge is 0.490 e. The Balaban J connectivity index is 1.81. The van der Waals surface area contributed by atoms with E-state index < -0.39 is 11.8 Å². The van der Waals surface area contributed by atoms with Crippen LogP contribution in [0.5, 0.6) is 17.2 Å². The number of rotatable bonds is 9. The van der Waals surface area contributed by atoms with Crippen molar-refractivity contribution in [3.05, 3.63) is 59.4 Å². The third-order valence-corrected chi connectivity index (χ3v) is 4.60. The maximum atomic E-state index is 12.8. The van der Waals surface area contributed by atoms with Crippen molar-refractivity contribution in [2.45, 2.75) is 27.7 Å². The summed E-state index contributed by atoms with van der Waals surface area (Å²) in [6, 6.07) is 12.2. The molecule has 0 radical (unpaired) electrons.